The summed E-state index contributed by atoms with van der Waals surface area (Å²) >= 11 is 6.26. The lowest BCUT2D eigenvalue weighted by molar-refractivity contribution is -0.121. The molecule has 1 atom stereocenters. The van der Waals surface area contributed by atoms with Gasteiger partial charge in [0.15, 0.2) is 0 Å². The predicted molar refractivity (Wildman–Crippen MR) is 101 cm³/mol. The minimum atomic E-state index is -0.00154. The molecule has 0 spiro atoms. The van der Waals surface area contributed by atoms with E-state index in [9.17, 15) is 4.79 Å². The van der Waals surface area contributed by atoms with Crippen LogP contribution in [0.4, 0.5) is 5.69 Å². The second kappa shape index (κ2) is 8.37. The maximum atomic E-state index is 12.6. The molecule has 0 saturated carbocycles. The summed E-state index contributed by atoms with van der Waals surface area (Å²) in [7, 11) is 1.63. The van der Waals surface area contributed by atoms with Crippen LogP contribution in [0.1, 0.15) is 18.4 Å². The molecule has 5 heteroatoms. The van der Waals surface area contributed by atoms with E-state index in [0.29, 0.717) is 0 Å². The van der Waals surface area contributed by atoms with Crippen molar-refractivity contribution in [3.05, 3.63) is 59.1 Å². The van der Waals surface area contributed by atoms with Crippen LogP contribution in [0, 0.1) is 5.92 Å². The Morgan fingerprint density at radius 1 is 1.24 bits per heavy atom. The van der Waals surface area contributed by atoms with E-state index < -0.39 is 0 Å². The summed E-state index contributed by atoms with van der Waals surface area (Å²) < 4.78 is 5.14. The highest BCUT2D eigenvalue weighted by Crippen LogP contribution is 2.23. The molecule has 2 aromatic carbocycles. The number of carbonyl (C=O) groups is 1. The monoisotopic (exact) mass is 358 g/mol. The number of nitrogens with one attached hydrogen (secondary N) is 1. The van der Waals surface area contributed by atoms with Gasteiger partial charge in [-0.3, -0.25) is 9.69 Å². The van der Waals surface area contributed by atoms with Crippen molar-refractivity contribution < 1.29 is 9.53 Å². The standard InChI is InChI=1S/C20H23ClN2O2/c1-25-18-10-8-17(9-11-18)22-20(24)16-6-4-12-23(14-16)13-15-5-2-3-7-19(15)21/h2-3,5,7-11,16H,4,6,12-14H2,1H3,(H,22,24)/t16-/m1/s1. The van der Waals surface area contributed by atoms with Crippen molar-refractivity contribution in [1.29, 1.82) is 0 Å². The van der Waals surface area contributed by atoms with E-state index in [-0.39, 0.29) is 11.8 Å². The Morgan fingerprint density at radius 3 is 2.72 bits per heavy atom. The number of anilines is 1. The predicted octanol–water partition coefficient (Wildman–Crippen LogP) is 4.20. The van der Waals surface area contributed by atoms with Crippen LogP contribution in [-0.4, -0.2) is 31.0 Å². The Labute approximate surface area is 153 Å². The number of hydrogen-bond acceptors (Lipinski definition) is 3. The van der Waals surface area contributed by atoms with Gasteiger partial charge in [0.05, 0.1) is 13.0 Å². The first-order valence-corrected chi connectivity index (χ1v) is 8.94. The van der Waals surface area contributed by atoms with Crippen LogP contribution >= 0.6 is 11.6 Å². The molecule has 0 aliphatic carbocycles. The minimum Gasteiger partial charge on any atom is -0.497 e. The van der Waals surface area contributed by atoms with Crippen LogP contribution in [0.15, 0.2) is 48.5 Å². The molecule has 1 heterocycles. The summed E-state index contributed by atoms with van der Waals surface area (Å²) in [4.78, 5) is 14.9. The Balaban J connectivity index is 1.58. The number of piperidine rings is 1. The molecule has 0 radical (unpaired) electrons. The second-order valence-corrected chi connectivity index (χ2v) is 6.79. The molecule has 1 fully saturated rings. The van der Waals surface area contributed by atoms with Gasteiger partial charge in [-0.1, -0.05) is 29.8 Å². The van der Waals surface area contributed by atoms with Gasteiger partial charge in [0.25, 0.3) is 0 Å². The number of hydrogen-bond donors (Lipinski definition) is 1. The van der Waals surface area contributed by atoms with E-state index in [4.69, 9.17) is 16.3 Å². The van der Waals surface area contributed by atoms with Gasteiger partial charge in [0.2, 0.25) is 5.91 Å². The normalized spacial score (nSPS) is 17.9. The summed E-state index contributed by atoms with van der Waals surface area (Å²) in [5.74, 6) is 0.856. The average molecular weight is 359 g/mol. The third kappa shape index (κ3) is 4.74. The van der Waals surface area contributed by atoms with Gasteiger partial charge in [0.1, 0.15) is 5.75 Å². The van der Waals surface area contributed by atoms with Crippen LogP contribution in [0.3, 0.4) is 0 Å². The smallest absolute Gasteiger partial charge is 0.228 e. The van der Waals surface area contributed by atoms with Crippen molar-refractivity contribution in [2.75, 3.05) is 25.5 Å². The highest BCUT2D eigenvalue weighted by atomic mass is 35.5. The van der Waals surface area contributed by atoms with Crippen LogP contribution in [0.5, 0.6) is 5.75 Å². The fraction of sp³-hybridized carbons (Fsp3) is 0.350. The van der Waals surface area contributed by atoms with Crippen molar-refractivity contribution in [3.8, 4) is 5.75 Å². The number of nitrogens with zero attached hydrogens (tertiary/aromatic N) is 1. The number of ether oxygens (including phenoxy) is 1. The van der Waals surface area contributed by atoms with Crippen LogP contribution in [0.2, 0.25) is 5.02 Å². The van der Waals surface area contributed by atoms with Gasteiger partial charge in [0, 0.05) is 23.8 Å². The van der Waals surface area contributed by atoms with Gasteiger partial charge in [-0.15, -0.1) is 0 Å². The maximum absolute atomic E-state index is 12.6. The van der Waals surface area contributed by atoms with Crippen molar-refractivity contribution in [2.45, 2.75) is 19.4 Å². The fourth-order valence-electron chi connectivity index (χ4n) is 3.20. The molecule has 0 unspecified atom stereocenters. The highest BCUT2D eigenvalue weighted by Gasteiger charge is 2.26. The molecule has 1 aliphatic heterocycles. The molecule has 2 aromatic rings. The third-order valence-corrected chi connectivity index (χ3v) is 4.95. The molecule has 1 aliphatic rings. The SMILES string of the molecule is COc1ccc(NC(=O)[C@@H]2CCCN(Cc3ccccc3Cl)C2)cc1. The van der Waals surface area contributed by atoms with E-state index in [1.54, 1.807) is 7.11 Å². The average Bonchev–Trinajstić information content (AvgIpc) is 2.64. The Morgan fingerprint density at radius 2 is 2.00 bits per heavy atom. The lowest BCUT2D eigenvalue weighted by atomic mass is 9.96. The zero-order valence-corrected chi connectivity index (χ0v) is 15.1. The summed E-state index contributed by atoms with van der Waals surface area (Å²) in [6.07, 6.45) is 1.94. The number of likely N-dealkylation sites (tertiary alicyclic amines) is 1. The van der Waals surface area contributed by atoms with Crippen molar-refractivity contribution in [2.24, 2.45) is 5.92 Å². The van der Waals surface area contributed by atoms with E-state index in [2.05, 4.69) is 10.2 Å². The maximum Gasteiger partial charge on any atom is 0.228 e. The number of rotatable bonds is 5. The first-order valence-electron chi connectivity index (χ1n) is 8.56. The Kier molecular flexibility index (Phi) is 5.95. The van der Waals surface area contributed by atoms with Crippen LogP contribution in [-0.2, 0) is 11.3 Å². The molecule has 0 bridgehead atoms. The third-order valence-electron chi connectivity index (χ3n) is 4.59. The zero-order chi connectivity index (χ0) is 17.6. The zero-order valence-electron chi connectivity index (χ0n) is 14.4. The molecule has 1 saturated heterocycles. The number of methoxy groups -OCH3 is 1. The van der Waals surface area contributed by atoms with Gasteiger partial charge < -0.3 is 10.1 Å². The molecule has 25 heavy (non-hydrogen) atoms. The quantitative estimate of drug-likeness (QED) is 0.870. The lowest BCUT2D eigenvalue weighted by Crippen LogP contribution is -2.40. The molecule has 1 N–H and O–H groups in total. The minimum absolute atomic E-state index is 0.00154. The Bertz CT molecular complexity index is 718. The lowest BCUT2D eigenvalue weighted by Gasteiger charge is -2.32. The summed E-state index contributed by atoms with van der Waals surface area (Å²) in [5.41, 5.74) is 1.91. The fourth-order valence-corrected chi connectivity index (χ4v) is 3.39. The molecule has 0 aromatic heterocycles. The van der Waals surface area contributed by atoms with Crippen LogP contribution in [0.25, 0.3) is 0 Å². The number of carbonyl (C=O) groups excluding carboxylic acids is 1. The van der Waals surface area contributed by atoms with E-state index in [1.807, 2.05) is 48.5 Å². The molecule has 3 rings (SSSR count). The number of amides is 1. The molecule has 132 valence electrons. The first-order chi connectivity index (χ1) is 12.2. The molecular weight excluding hydrogens is 336 g/mol. The molecule has 4 nitrogen and oxygen atoms in total. The van der Waals surface area contributed by atoms with Crippen molar-refractivity contribution >= 4 is 23.2 Å². The molecule has 1 amide bonds. The number of halogens is 1. The summed E-state index contributed by atoms with van der Waals surface area (Å²) in [6, 6.07) is 15.3. The van der Waals surface area contributed by atoms with E-state index in [1.165, 1.54) is 0 Å². The van der Waals surface area contributed by atoms with E-state index >= 15 is 0 Å². The topological polar surface area (TPSA) is 41.6 Å². The first kappa shape index (κ1) is 17.8. The largest absolute Gasteiger partial charge is 0.497 e. The van der Waals surface area contributed by atoms with Crippen molar-refractivity contribution in [1.82, 2.24) is 4.90 Å². The highest BCUT2D eigenvalue weighted by molar-refractivity contribution is 6.31. The van der Waals surface area contributed by atoms with Gasteiger partial charge in [-0.2, -0.15) is 0 Å². The second-order valence-electron chi connectivity index (χ2n) is 6.38. The van der Waals surface area contributed by atoms with Gasteiger partial charge >= 0.3 is 0 Å². The van der Waals surface area contributed by atoms with Crippen molar-refractivity contribution in [3.63, 3.8) is 0 Å². The van der Waals surface area contributed by atoms with Gasteiger partial charge in [-0.05, 0) is 55.3 Å². The van der Waals surface area contributed by atoms with E-state index in [0.717, 1.165) is 54.5 Å². The van der Waals surface area contributed by atoms with Gasteiger partial charge in [-0.25, -0.2) is 0 Å². The Hall–Kier alpha value is -2.04. The number of benzene rings is 2. The molecular formula is C20H23ClN2O2. The van der Waals surface area contributed by atoms with Crippen LogP contribution < -0.4 is 10.1 Å². The summed E-state index contributed by atoms with van der Waals surface area (Å²) in [5, 5.41) is 3.80. The summed E-state index contributed by atoms with van der Waals surface area (Å²) in [6.45, 7) is 2.54.